The van der Waals surface area contributed by atoms with Crippen LogP contribution in [0.25, 0.3) is 0 Å². The lowest BCUT2D eigenvalue weighted by Crippen LogP contribution is -2.45. The molecule has 1 heterocycles. The fraction of sp³-hybridized carbons (Fsp3) is 0.917. The molecule has 0 aromatic rings. The van der Waals surface area contributed by atoms with Gasteiger partial charge in [0, 0.05) is 19.0 Å². The molecule has 3 nitrogen and oxygen atoms in total. The van der Waals surface area contributed by atoms with E-state index in [9.17, 15) is 8.42 Å². The van der Waals surface area contributed by atoms with E-state index in [0.717, 1.165) is 17.8 Å². The molecule has 0 amide bonds. The summed E-state index contributed by atoms with van der Waals surface area (Å²) in [6, 6.07) is 0. The van der Waals surface area contributed by atoms with Gasteiger partial charge in [-0.2, -0.15) is 0 Å². The molecule has 1 aliphatic rings. The fourth-order valence-electron chi connectivity index (χ4n) is 2.14. The molecular formula is C12H23NO2S2. The van der Waals surface area contributed by atoms with Crippen molar-refractivity contribution in [2.75, 3.05) is 24.6 Å². The summed E-state index contributed by atoms with van der Waals surface area (Å²) in [6.45, 7) is 5.52. The van der Waals surface area contributed by atoms with Crippen molar-refractivity contribution in [1.82, 2.24) is 4.90 Å². The van der Waals surface area contributed by atoms with Gasteiger partial charge in [0.2, 0.25) is 0 Å². The number of hydrogen-bond acceptors (Lipinski definition) is 3. The van der Waals surface area contributed by atoms with Crippen LogP contribution in [0.2, 0.25) is 0 Å². The summed E-state index contributed by atoms with van der Waals surface area (Å²) in [6.07, 6.45) is 4.58. The van der Waals surface area contributed by atoms with Crippen LogP contribution in [0.5, 0.6) is 0 Å². The third kappa shape index (κ3) is 4.54. The van der Waals surface area contributed by atoms with Crippen molar-refractivity contribution in [3.8, 4) is 0 Å². The van der Waals surface area contributed by atoms with Crippen molar-refractivity contribution in [3.05, 3.63) is 0 Å². The van der Waals surface area contributed by atoms with Crippen LogP contribution in [0.4, 0.5) is 0 Å². The Bertz CT molecular complexity index is 338. The second-order valence-electron chi connectivity index (χ2n) is 4.72. The molecule has 1 saturated heterocycles. The quantitative estimate of drug-likeness (QED) is 0.722. The summed E-state index contributed by atoms with van der Waals surface area (Å²) in [5.41, 5.74) is 0. The van der Waals surface area contributed by atoms with Gasteiger partial charge >= 0.3 is 0 Å². The van der Waals surface area contributed by atoms with E-state index < -0.39 is 9.84 Å². The molecule has 0 aliphatic carbocycles. The van der Waals surface area contributed by atoms with E-state index >= 15 is 0 Å². The van der Waals surface area contributed by atoms with Crippen molar-refractivity contribution in [1.29, 1.82) is 0 Å². The van der Waals surface area contributed by atoms with Crippen molar-refractivity contribution in [2.24, 2.45) is 5.92 Å². The number of rotatable bonds is 5. The lowest BCUT2D eigenvalue weighted by molar-refractivity contribution is 0.411. The van der Waals surface area contributed by atoms with Gasteiger partial charge in [-0.05, 0) is 12.8 Å². The highest BCUT2D eigenvalue weighted by molar-refractivity contribution is 7.91. The van der Waals surface area contributed by atoms with E-state index in [4.69, 9.17) is 12.2 Å². The Balaban J connectivity index is 2.51. The molecule has 0 aromatic heterocycles. The number of thiocarbonyl (C=S) groups is 1. The van der Waals surface area contributed by atoms with Crippen LogP contribution in [0.15, 0.2) is 0 Å². The molecule has 5 heteroatoms. The van der Waals surface area contributed by atoms with Gasteiger partial charge in [0.1, 0.15) is 0 Å². The third-order valence-electron chi connectivity index (χ3n) is 3.40. The summed E-state index contributed by atoms with van der Waals surface area (Å²) in [4.78, 5) is 3.08. The van der Waals surface area contributed by atoms with Crippen LogP contribution in [0.3, 0.4) is 0 Å². The summed E-state index contributed by atoms with van der Waals surface area (Å²) in [7, 11) is -2.80. The molecular weight excluding hydrogens is 254 g/mol. The van der Waals surface area contributed by atoms with Gasteiger partial charge in [-0.15, -0.1) is 0 Å². The molecule has 1 aliphatic heterocycles. The lowest BCUT2D eigenvalue weighted by Gasteiger charge is -2.32. The van der Waals surface area contributed by atoms with Gasteiger partial charge in [-0.1, -0.05) is 38.9 Å². The van der Waals surface area contributed by atoms with E-state index in [-0.39, 0.29) is 11.5 Å². The summed E-state index contributed by atoms with van der Waals surface area (Å²) >= 11 is 5.51. The third-order valence-corrected chi connectivity index (χ3v) is 5.60. The average molecular weight is 277 g/mol. The maximum absolute atomic E-state index is 11.4. The Labute approximate surface area is 110 Å². The zero-order valence-electron chi connectivity index (χ0n) is 10.8. The van der Waals surface area contributed by atoms with Crippen LogP contribution < -0.4 is 0 Å². The van der Waals surface area contributed by atoms with Crippen molar-refractivity contribution in [3.63, 3.8) is 0 Å². The maximum Gasteiger partial charge on any atom is 0.153 e. The van der Waals surface area contributed by atoms with E-state index in [1.54, 1.807) is 0 Å². The average Bonchev–Trinajstić information content (AvgIpc) is 2.29. The van der Waals surface area contributed by atoms with Gasteiger partial charge in [0.25, 0.3) is 0 Å². The van der Waals surface area contributed by atoms with Gasteiger partial charge in [0.15, 0.2) is 9.84 Å². The van der Waals surface area contributed by atoms with Gasteiger partial charge in [-0.25, -0.2) is 8.42 Å². The van der Waals surface area contributed by atoms with E-state index in [0.29, 0.717) is 19.0 Å². The SMILES string of the molecule is CCCCC(CC)C(=S)N1CCS(=O)(=O)CC1. The van der Waals surface area contributed by atoms with E-state index in [1.807, 2.05) is 0 Å². The standard InChI is InChI=1S/C12H23NO2S2/c1-3-5-6-11(4-2)12(16)13-7-9-17(14,15)10-8-13/h11H,3-10H2,1-2H3. The van der Waals surface area contributed by atoms with Gasteiger partial charge in [0.05, 0.1) is 16.5 Å². The second kappa shape index (κ2) is 6.69. The monoisotopic (exact) mass is 277 g/mol. The molecule has 1 fully saturated rings. The lowest BCUT2D eigenvalue weighted by atomic mass is 9.98. The number of nitrogens with zero attached hydrogens (tertiary/aromatic N) is 1. The predicted molar refractivity (Wildman–Crippen MR) is 76.1 cm³/mol. The highest BCUT2D eigenvalue weighted by atomic mass is 32.2. The minimum atomic E-state index is -2.80. The van der Waals surface area contributed by atoms with Crippen LogP contribution in [-0.2, 0) is 9.84 Å². The Morgan fingerprint density at radius 2 is 1.88 bits per heavy atom. The van der Waals surface area contributed by atoms with E-state index in [1.165, 1.54) is 12.8 Å². The number of hydrogen-bond donors (Lipinski definition) is 0. The largest absolute Gasteiger partial charge is 0.364 e. The summed E-state index contributed by atoms with van der Waals surface area (Å²) in [5, 5.41) is 0. The topological polar surface area (TPSA) is 37.4 Å². The van der Waals surface area contributed by atoms with Gasteiger partial charge < -0.3 is 4.90 Å². The van der Waals surface area contributed by atoms with Crippen LogP contribution in [0.1, 0.15) is 39.5 Å². The normalized spacial score (nSPS) is 21.2. The molecule has 17 heavy (non-hydrogen) atoms. The second-order valence-corrected chi connectivity index (χ2v) is 7.45. The Morgan fingerprint density at radius 1 is 1.29 bits per heavy atom. The molecule has 1 atom stereocenters. The summed E-state index contributed by atoms with van der Waals surface area (Å²) < 4.78 is 22.7. The molecule has 0 aromatic carbocycles. The molecule has 0 spiro atoms. The van der Waals surface area contributed by atoms with Crippen LogP contribution >= 0.6 is 12.2 Å². The first-order chi connectivity index (χ1) is 8.00. The highest BCUT2D eigenvalue weighted by Crippen LogP contribution is 2.19. The predicted octanol–water partition coefficient (Wildman–Crippen LogP) is 2.26. The van der Waals surface area contributed by atoms with Crippen LogP contribution in [-0.4, -0.2) is 42.9 Å². The van der Waals surface area contributed by atoms with Crippen LogP contribution in [0, 0.1) is 5.92 Å². The molecule has 100 valence electrons. The zero-order chi connectivity index (χ0) is 12.9. The number of unbranched alkanes of at least 4 members (excludes halogenated alkanes) is 1. The molecule has 0 bridgehead atoms. The van der Waals surface area contributed by atoms with Crippen molar-refractivity contribution >= 4 is 27.0 Å². The Morgan fingerprint density at radius 3 is 2.35 bits per heavy atom. The number of sulfone groups is 1. The molecule has 1 unspecified atom stereocenters. The Hall–Kier alpha value is -0.160. The first-order valence-electron chi connectivity index (χ1n) is 6.49. The minimum absolute atomic E-state index is 0.261. The maximum atomic E-state index is 11.4. The fourth-order valence-corrected chi connectivity index (χ4v) is 3.81. The molecule has 1 rings (SSSR count). The van der Waals surface area contributed by atoms with E-state index in [2.05, 4.69) is 18.7 Å². The highest BCUT2D eigenvalue weighted by Gasteiger charge is 2.25. The smallest absolute Gasteiger partial charge is 0.153 e. The first kappa shape index (κ1) is 14.9. The van der Waals surface area contributed by atoms with Crippen molar-refractivity contribution in [2.45, 2.75) is 39.5 Å². The van der Waals surface area contributed by atoms with Crippen molar-refractivity contribution < 1.29 is 8.42 Å². The zero-order valence-corrected chi connectivity index (χ0v) is 12.4. The molecule has 0 saturated carbocycles. The van der Waals surface area contributed by atoms with Gasteiger partial charge in [-0.3, -0.25) is 0 Å². The first-order valence-corrected chi connectivity index (χ1v) is 8.72. The Kier molecular flexibility index (Phi) is 5.86. The minimum Gasteiger partial charge on any atom is -0.364 e. The molecule has 0 radical (unpaired) electrons. The molecule has 0 N–H and O–H groups in total. The summed E-state index contributed by atoms with van der Waals surface area (Å²) in [5.74, 6) is 0.972.